The highest BCUT2D eigenvalue weighted by atomic mass is 16.5. The first-order chi connectivity index (χ1) is 8.74. The van der Waals surface area contributed by atoms with E-state index in [0.29, 0.717) is 12.5 Å². The summed E-state index contributed by atoms with van der Waals surface area (Å²) in [6.45, 7) is 7.65. The number of fused-ring (bicyclic) bond motifs is 1. The predicted molar refractivity (Wildman–Crippen MR) is 69.0 cm³/mol. The minimum Gasteiger partial charge on any atom is -0.381 e. The van der Waals surface area contributed by atoms with Crippen molar-refractivity contribution in [2.45, 2.75) is 32.0 Å². The first kappa shape index (κ1) is 12.1. The zero-order valence-electron chi connectivity index (χ0n) is 11.0. The SMILES string of the molecule is CC(CN)(C1CCOC1)N1CCn2ccnc2C1. The molecule has 3 heterocycles. The summed E-state index contributed by atoms with van der Waals surface area (Å²) in [5.41, 5.74) is 6.12. The number of ether oxygens (including phenoxy) is 1. The van der Waals surface area contributed by atoms with Gasteiger partial charge in [0, 0.05) is 50.1 Å². The van der Waals surface area contributed by atoms with E-state index in [2.05, 4.69) is 27.6 Å². The maximum Gasteiger partial charge on any atom is 0.122 e. The number of aromatic nitrogens is 2. The van der Waals surface area contributed by atoms with Crippen molar-refractivity contribution in [1.82, 2.24) is 14.5 Å². The molecule has 0 aliphatic carbocycles. The maximum atomic E-state index is 6.09. The molecule has 18 heavy (non-hydrogen) atoms. The molecule has 2 aliphatic heterocycles. The van der Waals surface area contributed by atoms with Crippen LogP contribution in [0.1, 0.15) is 19.2 Å². The Kier molecular flexibility index (Phi) is 3.13. The fourth-order valence-corrected chi connectivity index (χ4v) is 3.19. The molecular formula is C13H22N4O. The van der Waals surface area contributed by atoms with Crippen LogP contribution >= 0.6 is 0 Å². The van der Waals surface area contributed by atoms with Crippen molar-refractivity contribution in [3.05, 3.63) is 18.2 Å². The maximum absolute atomic E-state index is 6.09. The summed E-state index contributed by atoms with van der Waals surface area (Å²) < 4.78 is 7.78. The molecule has 0 amide bonds. The fraction of sp³-hybridized carbons (Fsp3) is 0.769. The molecule has 1 saturated heterocycles. The monoisotopic (exact) mass is 250 g/mol. The van der Waals surface area contributed by atoms with Gasteiger partial charge in [-0.3, -0.25) is 4.90 Å². The standard InChI is InChI=1S/C13H22N4O/c1-13(10-14,11-2-7-18-9-11)17-6-5-16-4-3-15-12(16)8-17/h3-4,11H,2,5-10,14H2,1H3. The van der Waals surface area contributed by atoms with Gasteiger partial charge in [0.05, 0.1) is 13.2 Å². The molecule has 2 N–H and O–H groups in total. The summed E-state index contributed by atoms with van der Waals surface area (Å²) in [6.07, 6.45) is 5.07. The Morgan fingerprint density at radius 2 is 2.44 bits per heavy atom. The summed E-state index contributed by atoms with van der Waals surface area (Å²) in [4.78, 5) is 6.93. The zero-order chi connectivity index (χ0) is 12.6. The summed E-state index contributed by atoms with van der Waals surface area (Å²) >= 11 is 0. The minimum atomic E-state index is 0.0354. The Morgan fingerprint density at radius 3 is 3.17 bits per heavy atom. The average Bonchev–Trinajstić information content (AvgIpc) is 3.07. The van der Waals surface area contributed by atoms with E-state index in [9.17, 15) is 0 Å². The van der Waals surface area contributed by atoms with Gasteiger partial charge in [-0.15, -0.1) is 0 Å². The van der Waals surface area contributed by atoms with Crippen LogP contribution in [0, 0.1) is 5.92 Å². The lowest BCUT2D eigenvalue weighted by Crippen LogP contribution is -2.58. The van der Waals surface area contributed by atoms with Crippen LogP contribution in [-0.2, 0) is 17.8 Å². The molecule has 5 nitrogen and oxygen atoms in total. The number of hydrogen-bond donors (Lipinski definition) is 1. The summed E-state index contributed by atoms with van der Waals surface area (Å²) in [6, 6.07) is 0. The third-order valence-electron chi connectivity index (χ3n) is 4.69. The van der Waals surface area contributed by atoms with Crippen LogP contribution in [0.2, 0.25) is 0 Å². The van der Waals surface area contributed by atoms with Crippen molar-refractivity contribution in [2.75, 3.05) is 26.3 Å². The molecule has 5 heteroatoms. The van der Waals surface area contributed by atoms with Gasteiger partial charge in [-0.25, -0.2) is 4.98 Å². The molecule has 1 aromatic rings. The molecule has 2 unspecified atom stereocenters. The summed E-state index contributed by atoms with van der Waals surface area (Å²) in [7, 11) is 0. The molecular weight excluding hydrogens is 228 g/mol. The number of imidazole rings is 1. The molecule has 0 bridgehead atoms. The van der Waals surface area contributed by atoms with Gasteiger partial charge in [0.15, 0.2) is 0 Å². The van der Waals surface area contributed by atoms with Gasteiger partial charge in [-0.05, 0) is 13.3 Å². The topological polar surface area (TPSA) is 56.3 Å². The molecule has 0 saturated carbocycles. The molecule has 100 valence electrons. The van der Waals surface area contributed by atoms with Crippen molar-refractivity contribution in [1.29, 1.82) is 0 Å². The molecule has 2 aliphatic rings. The molecule has 2 atom stereocenters. The Labute approximate surface area is 108 Å². The average molecular weight is 250 g/mol. The second-order valence-electron chi connectivity index (χ2n) is 5.58. The van der Waals surface area contributed by atoms with Gasteiger partial charge in [-0.2, -0.15) is 0 Å². The van der Waals surface area contributed by atoms with Crippen LogP contribution in [0.3, 0.4) is 0 Å². The van der Waals surface area contributed by atoms with Gasteiger partial charge in [0.1, 0.15) is 5.82 Å². The second-order valence-corrected chi connectivity index (χ2v) is 5.58. The number of hydrogen-bond acceptors (Lipinski definition) is 4. The fourth-order valence-electron chi connectivity index (χ4n) is 3.19. The van der Waals surface area contributed by atoms with Crippen molar-refractivity contribution < 1.29 is 4.74 Å². The van der Waals surface area contributed by atoms with Crippen LogP contribution in [-0.4, -0.2) is 46.3 Å². The molecule has 1 aromatic heterocycles. The van der Waals surface area contributed by atoms with E-state index in [1.165, 1.54) is 0 Å². The van der Waals surface area contributed by atoms with Gasteiger partial charge in [0.25, 0.3) is 0 Å². The van der Waals surface area contributed by atoms with E-state index in [0.717, 1.165) is 45.1 Å². The normalized spacial score (nSPS) is 28.0. The third-order valence-corrected chi connectivity index (χ3v) is 4.69. The summed E-state index contributed by atoms with van der Waals surface area (Å²) in [5.74, 6) is 1.70. The van der Waals surface area contributed by atoms with Crippen LogP contribution in [0.15, 0.2) is 12.4 Å². The van der Waals surface area contributed by atoms with Crippen LogP contribution < -0.4 is 5.73 Å². The Hall–Kier alpha value is -0.910. The van der Waals surface area contributed by atoms with E-state index >= 15 is 0 Å². The van der Waals surface area contributed by atoms with E-state index in [-0.39, 0.29) is 5.54 Å². The zero-order valence-corrected chi connectivity index (χ0v) is 11.0. The van der Waals surface area contributed by atoms with Crippen molar-refractivity contribution in [3.8, 4) is 0 Å². The Morgan fingerprint density at radius 1 is 1.56 bits per heavy atom. The molecule has 0 radical (unpaired) electrons. The van der Waals surface area contributed by atoms with Crippen molar-refractivity contribution >= 4 is 0 Å². The predicted octanol–water partition coefficient (Wildman–Crippen LogP) is 0.453. The largest absolute Gasteiger partial charge is 0.381 e. The Bertz CT molecular complexity index is 413. The highest BCUT2D eigenvalue weighted by Crippen LogP contribution is 2.32. The van der Waals surface area contributed by atoms with Crippen molar-refractivity contribution in [3.63, 3.8) is 0 Å². The van der Waals surface area contributed by atoms with Gasteiger partial charge >= 0.3 is 0 Å². The van der Waals surface area contributed by atoms with E-state index in [1.54, 1.807) is 0 Å². The summed E-state index contributed by atoms with van der Waals surface area (Å²) in [5, 5.41) is 0. The lowest BCUT2D eigenvalue weighted by atomic mass is 9.83. The first-order valence-corrected chi connectivity index (χ1v) is 6.77. The molecule has 0 spiro atoms. The van der Waals surface area contributed by atoms with E-state index < -0.39 is 0 Å². The highest BCUT2D eigenvalue weighted by Gasteiger charge is 2.41. The lowest BCUT2D eigenvalue weighted by molar-refractivity contribution is 0.0231. The highest BCUT2D eigenvalue weighted by molar-refractivity contribution is 5.02. The van der Waals surface area contributed by atoms with Crippen molar-refractivity contribution in [2.24, 2.45) is 11.7 Å². The molecule has 0 aromatic carbocycles. The number of rotatable bonds is 3. The third kappa shape index (κ3) is 1.86. The number of nitrogens with two attached hydrogens (primary N) is 1. The smallest absolute Gasteiger partial charge is 0.122 e. The first-order valence-electron chi connectivity index (χ1n) is 6.77. The molecule has 3 rings (SSSR count). The Balaban J connectivity index is 1.80. The lowest BCUT2D eigenvalue weighted by Gasteiger charge is -2.46. The van der Waals surface area contributed by atoms with E-state index in [4.69, 9.17) is 10.5 Å². The van der Waals surface area contributed by atoms with E-state index in [1.807, 2.05) is 6.20 Å². The van der Waals surface area contributed by atoms with Crippen LogP contribution in [0.4, 0.5) is 0 Å². The van der Waals surface area contributed by atoms with Gasteiger partial charge < -0.3 is 15.0 Å². The minimum absolute atomic E-state index is 0.0354. The quantitative estimate of drug-likeness (QED) is 0.846. The van der Waals surface area contributed by atoms with Crippen LogP contribution in [0.25, 0.3) is 0 Å². The van der Waals surface area contributed by atoms with Crippen LogP contribution in [0.5, 0.6) is 0 Å². The number of nitrogens with zero attached hydrogens (tertiary/aromatic N) is 3. The van der Waals surface area contributed by atoms with Gasteiger partial charge in [0.2, 0.25) is 0 Å². The second kappa shape index (κ2) is 4.64. The molecule has 1 fully saturated rings. The van der Waals surface area contributed by atoms with Gasteiger partial charge in [-0.1, -0.05) is 0 Å².